The van der Waals surface area contributed by atoms with Crippen LogP contribution in [0.15, 0.2) is 30.5 Å². The summed E-state index contributed by atoms with van der Waals surface area (Å²) in [6.45, 7) is 1.04. The van der Waals surface area contributed by atoms with Crippen LogP contribution in [0, 0.1) is 0 Å². The van der Waals surface area contributed by atoms with E-state index in [-0.39, 0.29) is 28.8 Å². The number of benzene rings is 1. The number of carbonyl (C=O) groups excluding carboxylic acids is 1. The summed E-state index contributed by atoms with van der Waals surface area (Å²) >= 11 is 5.87. The second-order valence-electron chi connectivity index (χ2n) is 5.45. The minimum absolute atomic E-state index is 0.00301. The van der Waals surface area contributed by atoms with Gasteiger partial charge >= 0.3 is 0 Å². The van der Waals surface area contributed by atoms with Gasteiger partial charge in [0.1, 0.15) is 5.02 Å². The van der Waals surface area contributed by atoms with Gasteiger partial charge in [-0.05, 0) is 30.7 Å². The topological polar surface area (TPSA) is 93.4 Å². The van der Waals surface area contributed by atoms with E-state index in [1.807, 2.05) is 0 Å². The molecule has 7 nitrogen and oxygen atoms in total. The molecular formula is C16H18ClN5O2. The number of nitrogens with two attached hydrogens (primary N) is 1. The maximum atomic E-state index is 12.5. The van der Waals surface area contributed by atoms with Crippen LogP contribution in [0.25, 0.3) is 0 Å². The van der Waals surface area contributed by atoms with Crippen molar-refractivity contribution in [1.82, 2.24) is 14.9 Å². The van der Waals surface area contributed by atoms with Crippen molar-refractivity contribution >= 4 is 29.1 Å². The number of anilines is 2. The van der Waals surface area contributed by atoms with Gasteiger partial charge in [-0.15, -0.1) is 0 Å². The molecule has 1 amide bonds. The minimum Gasteiger partial charge on any atom is -0.480 e. The predicted molar refractivity (Wildman–Crippen MR) is 92.4 cm³/mol. The summed E-state index contributed by atoms with van der Waals surface area (Å²) in [5.74, 6) is -0.116. The number of ether oxygens (including phenoxy) is 1. The maximum Gasteiger partial charge on any atom is 0.253 e. The smallest absolute Gasteiger partial charge is 0.253 e. The van der Waals surface area contributed by atoms with Crippen molar-refractivity contribution in [3.8, 4) is 5.88 Å². The van der Waals surface area contributed by atoms with Gasteiger partial charge < -0.3 is 20.7 Å². The van der Waals surface area contributed by atoms with Gasteiger partial charge in [0, 0.05) is 30.4 Å². The van der Waals surface area contributed by atoms with Gasteiger partial charge in [-0.3, -0.25) is 4.79 Å². The Morgan fingerprint density at radius 3 is 3.04 bits per heavy atom. The van der Waals surface area contributed by atoms with Crippen molar-refractivity contribution in [2.45, 2.75) is 12.5 Å². The highest BCUT2D eigenvalue weighted by Gasteiger charge is 2.27. The third-order valence-corrected chi connectivity index (χ3v) is 4.03. The molecule has 3 rings (SSSR count). The van der Waals surface area contributed by atoms with Crippen LogP contribution in [-0.4, -0.2) is 46.9 Å². The molecule has 0 aliphatic carbocycles. The van der Waals surface area contributed by atoms with E-state index in [2.05, 4.69) is 15.3 Å². The number of nitrogen functional groups attached to an aromatic ring is 1. The Kier molecular flexibility index (Phi) is 3.70. The fourth-order valence-electron chi connectivity index (χ4n) is 2.55. The van der Waals surface area contributed by atoms with Crippen LogP contribution < -0.4 is 15.8 Å². The summed E-state index contributed by atoms with van der Waals surface area (Å²) in [5, 5.41) is 3.08. The van der Waals surface area contributed by atoms with Gasteiger partial charge in [0.15, 0.2) is 0 Å². The van der Waals surface area contributed by atoms with Crippen molar-refractivity contribution < 1.29 is 13.6 Å². The number of nitrogens with one attached hydrogen (secondary N) is 1. The first-order valence-corrected chi connectivity index (χ1v) is 7.72. The van der Waals surface area contributed by atoms with Crippen LogP contribution >= 0.6 is 11.6 Å². The van der Waals surface area contributed by atoms with E-state index < -0.39 is 7.04 Å². The van der Waals surface area contributed by atoms with E-state index in [1.165, 1.54) is 6.20 Å². The monoisotopic (exact) mass is 350 g/mol. The van der Waals surface area contributed by atoms with Crippen molar-refractivity contribution in [2.75, 3.05) is 31.2 Å². The van der Waals surface area contributed by atoms with Crippen molar-refractivity contribution in [2.24, 2.45) is 0 Å². The number of nitrogens with zero attached hydrogens (tertiary/aromatic N) is 3. The van der Waals surface area contributed by atoms with E-state index in [0.717, 1.165) is 0 Å². The molecule has 2 heterocycles. The SMILES string of the molecule is [2H]C([2H])([2H])Oc1nc(N[C@@H]2CCN(C(=O)c3ccc(N)cc3)C2)ncc1Cl. The molecule has 8 heteroatoms. The molecule has 24 heavy (non-hydrogen) atoms. The fraction of sp³-hybridized carbons (Fsp3) is 0.312. The van der Waals surface area contributed by atoms with Crippen LogP contribution in [0.2, 0.25) is 5.02 Å². The number of aromatic nitrogens is 2. The zero-order valence-corrected chi connectivity index (χ0v) is 13.5. The lowest BCUT2D eigenvalue weighted by molar-refractivity contribution is 0.0791. The van der Waals surface area contributed by atoms with Crippen LogP contribution in [0.1, 0.15) is 20.9 Å². The predicted octanol–water partition coefficient (Wildman–Crippen LogP) is 2.05. The largest absolute Gasteiger partial charge is 0.480 e. The van der Waals surface area contributed by atoms with Crippen molar-refractivity contribution in [3.05, 3.63) is 41.0 Å². The van der Waals surface area contributed by atoms with E-state index in [4.69, 9.17) is 26.2 Å². The molecule has 1 saturated heterocycles. The fourth-order valence-corrected chi connectivity index (χ4v) is 2.68. The third-order valence-electron chi connectivity index (χ3n) is 3.77. The molecule has 1 aliphatic heterocycles. The molecule has 0 bridgehead atoms. The first kappa shape index (κ1) is 12.8. The van der Waals surface area contributed by atoms with E-state index in [1.54, 1.807) is 29.2 Å². The van der Waals surface area contributed by atoms with Crippen LogP contribution in [0.3, 0.4) is 0 Å². The van der Waals surface area contributed by atoms with Crippen molar-refractivity contribution in [3.63, 3.8) is 0 Å². The molecule has 1 atom stereocenters. The van der Waals surface area contributed by atoms with Crippen molar-refractivity contribution in [1.29, 1.82) is 0 Å². The third kappa shape index (κ3) is 3.51. The molecule has 1 fully saturated rings. The maximum absolute atomic E-state index is 12.5. The number of rotatable bonds is 4. The lowest BCUT2D eigenvalue weighted by atomic mass is 10.2. The average Bonchev–Trinajstić information content (AvgIpc) is 3.05. The molecule has 1 aliphatic rings. The number of halogens is 1. The highest BCUT2D eigenvalue weighted by atomic mass is 35.5. The molecule has 1 aromatic heterocycles. The Morgan fingerprint density at radius 2 is 2.29 bits per heavy atom. The Labute approximate surface area is 149 Å². The summed E-state index contributed by atoms with van der Waals surface area (Å²) < 4.78 is 26.2. The van der Waals surface area contributed by atoms with Gasteiger partial charge in [-0.2, -0.15) is 4.98 Å². The second-order valence-corrected chi connectivity index (χ2v) is 5.86. The van der Waals surface area contributed by atoms with E-state index in [9.17, 15) is 4.79 Å². The Hall–Kier alpha value is -2.54. The number of carbonyl (C=O) groups is 1. The molecular weight excluding hydrogens is 330 g/mol. The normalized spacial score (nSPS) is 19.3. The molecule has 126 valence electrons. The summed E-state index contributed by atoms with van der Waals surface area (Å²) in [7, 11) is -2.66. The average molecular weight is 351 g/mol. The Bertz CT molecular complexity index is 832. The summed E-state index contributed by atoms with van der Waals surface area (Å²) in [4.78, 5) is 22.3. The lowest BCUT2D eigenvalue weighted by Crippen LogP contribution is -2.31. The van der Waals surface area contributed by atoms with Gasteiger partial charge in [-0.25, -0.2) is 4.98 Å². The number of hydrogen-bond acceptors (Lipinski definition) is 6. The van der Waals surface area contributed by atoms with Crippen LogP contribution in [0.5, 0.6) is 5.88 Å². The molecule has 3 N–H and O–H groups in total. The Balaban J connectivity index is 1.63. The highest BCUT2D eigenvalue weighted by Crippen LogP contribution is 2.23. The number of amides is 1. The van der Waals surface area contributed by atoms with Gasteiger partial charge in [-0.1, -0.05) is 11.6 Å². The number of methoxy groups -OCH3 is 1. The van der Waals surface area contributed by atoms with Gasteiger partial charge in [0.2, 0.25) is 11.8 Å². The van der Waals surface area contributed by atoms with Gasteiger partial charge in [0.25, 0.3) is 5.91 Å². The summed E-state index contributed by atoms with van der Waals surface area (Å²) in [5.41, 5.74) is 6.82. The van der Waals surface area contributed by atoms with Gasteiger partial charge in [0.05, 0.1) is 17.3 Å². The standard InChI is InChI=1S/C16H18ClN5O2/c1-24-14-13(17)8-19-16(21-14)20-12-6-7-22(9-12)15(23)10-2-4-11(18)5-3-10/h2-5,8,12H,6-7,9,18H2,1H3,(H,19,20,21)/t12-/m1/s1/i1D3. The Morgan fingerprint density at radius 1 is 1.50 bits per heavy atom. The summed E-state index contributed by atoms with van der Waals surface area (Å²) in [6, 6.07) is 6.68. The summed E-state index contributed by atoms with van der Waals surface area (Å²) in [6.07, 6.45) is 1.96. The molecule has 0 saturated carbocycles. The van der Waals surface area contributed by atoms with Crippen LogP contribution in [0.4, 0.5) is 11.6 Å². The van der Waals surface area contributed by atoms with Crippen LogP contribution in [-0.2, 0) is 0 Å². The zero-order chi connectivity index (χ0) is 19.6. The minimum atomic E-state index is -2.66. The first-order valence-electron chi connectivity index (χ1n) is 8.84. The van der Waals surface area contributed by atoms with E-state index >= 15 is 0 Å². The first-order chi connectivity index (χ1) is 12.7. The number of likely N-dealkylation sites (tertiary alicyclic amines) is 1. The second kappa shape index (κ2) is 6.92. The zero-order valence-electron chi connectivity index (χ0n) is 15.7. The molecule has 0 spiro atoms. The molecule has 0 radical (unpaired) electrons. The highest BCUT2D eigenvalue weighted by molar-refractivity contribution is 6.31. The number of hydrogen-bond donors (Lipinski definition) is 2. The van der Waals surface area contributed by atoms with E-state index in [0.29, 0.717) is 30.8 Å². The molecule has 2 aromatic rings. The molecule has 0 unspecified atom stereocenters. The lowest BCUT2D eigenvalue weighted by Gasteiger charge is -2.17. The quantitative estimate of drug-likeness (QED) is 0.820. The molecule has 1 aromatic carbocycles.